The molecule has 0 saturated carbocycles. The topological polar surface area (TPSA) is 61.1 Å². The van der Waals surface area contributed by atoms with Gasteiger partial charge in [0, 0.05) is 6.20 Å². The van der Waals surface area contributed by atoms with Crippen molar-refractivity contribution < 1.29 is 0 Å². The van der Waals surface area contributed by atoms with Crippen LogP contribution in [0.25, 0.3) is 0 Å². The highest BCUT2D eigenvalue weighted by molar-refractivity contribution is 5.98. The number of hydrogen-bond acceptors (Lipinski definition) is 4. The Hall–Kier alpha value is -2.67. The fraction of sp³-hybridized carbons (Fsp3) is 0.0714. The first kappa shape index (κ1) is 11.8. The summed E-state index contributed by atoms with van der Waals surface area (Å²) < 4.78 is 0. The van der Waals surface area contributed by atoms with Gasteiger partial charge in [0.1, 0.15) is 11.9 Å². The molecule has 0 aliphatic heterocycles. The molecule has 0 bridgehead atoms. The van der Waals surface area contributed by atoms with Crippen molar-refractivity contribution >= 4 is 11.5 Å². The molecule has 2 rings (SSSR count). The molecular weight excluding hydrogens is 224 g/mol. The molecule has 0 unspecified atom stereocenters. The van der Waals surface area contributed by atoms with Crippen LogP contribution in [0.1, 0.15) is 18.1 Å². The van der Waals surface area contributed by atoms with E-state index in [4.69, 9.17) is 5.26 Å². The number of hydrazone groups is 1. The summed E-state index contributed by atoms with van der Waals surface area (Å²) in [5.74, 6) is 0.615. The quantitative estimate of drug-likeness (QED) is 0.658. The molecule has 0 atom stereocenters. The van der Waals surface area contributed by atoms with E-state index in [0.717, 1.165) is 11.3 Å². The lowest BCUT2D eigenvalue weighted by Crippen LogP contribution is -2.00. The average Bonchev–Trinajstić information content (AvgIpc) is 2.46. The first-order valence-corrected chi connectivity index (χ1v) is 5.51. The van der Waals surface area contributed by atoms with Crippen LogP contribution < -0.4 is 5.43 Å². The molecule has 4 heteroatoms. The van der Waals surface area contributed by atoms with Crippen molar-refractivity contribution in [1.82, 2.24) is 4.98 Å². The lowest BCUT2D eigenvalue weighted by Gasteiger charge is -2.02. The number of rotatable bonds is 3. The molecular formula is C14H12N4. The third-order valence-electron chi connectivity index (χ3n) is 2.42. The zero-order chi connectivity index (χ0) is 12.8. The lowest BCUT2D eigenvalue weighted by molar-refractivity contribution is 1.21. The minimum atomic E-state index is 0.532. The smallest absolute Gasteiger partial charge is 0.146 e. The Labute approximate surface area is 106 Å². The molecule has 0 radical (unpaired) electrons. The predicted molar refractivity (Wildman–Crippen MR) is 71.2 cm³/mol. The Morgan fingerprint density at radius 2 is 2.00 bits per heavy atom. The number of nitrogens with one attached hydrogen (secondary N) is 1. The number of benzene rings is 1. The maximum Gasteiger partial charge on any atom is 0.146 e. The van der Waals surface area contributed by atoms with Crippen LogP contribution in [0.4, 0.5) is 5.82 Å². The fourth-order valence-corrected chi connectivity index (χ4v) is 1.41. The fourth-order valence-electron chi connectivity index (χ4n) is 1.41. The van der Waals surface area contributed by atoms with Crippen LogP contribution in [-0.2, 0) is 0 Å². The van der Waals surface area contributed by atoms with Gasteiger partial charge in [-0.1, -0.05) is 30.3 Å². The highest BCUT2D eigenvalue weighted by Gasteiger charge is 1.96. The van der Waals surface area contributed by atoms with Crippen molar-refractivity contribution in [3.63, 3.8) is 0 Å². The summed E-state index contributed by atoms with van der Waals surface area (Å²) in [4.78, 5) is 4.07. The van der Waals surface area contributed by atoms with Crippen molar-refractivity contribution in [2.45, 2.75) is 6.92 Å². The van der Waals surface area contributed by atoms with Gasteiger partial charge in [-0.2, -0.15) is 10.4 Å². The molecule has 1 N–H and O–H groups in total. The Morgan fingerprint density at radius 3 is 2.61 bits per heavy atom. The van der Waals surface area contributed by atoms with Gasteiger partial charge in [-0.3, -0.25) is 5.43 Å². The molecule has 0 aliphatic rings. The second kappa shape index (κ2) is 5.60. The molecule has 0 fully saturated rings. The van der Waals surface area contributed by atoms with Gasteiger partial charge in [0.2, 0.25) is 0 Å². The van der Waals surface area contributed by atoms with Crippen LogP contribution in [0, 0.1) is 11.3 Å². The van der Waals surface area contributed by atoms with Crippen molar-refractivity contribution in [2.24, 2.45) is 5.10 Å². The summed E-state index contributed by atoms with van der Waals surface area (Å²) in [5, 5.41) is 12.9. The van der Waals surface area contributed by atoms with Crippen LogP contribution in [0.5, 0.6) is 0 Å². The van der Waals surface area contributed by atoms with Gasteiger partial charge in [-0.15, -0.1) is 0 Å². The largest absolute Gasteiger partial charge is 0.261 e. The SMILES string of the molecule is C/C(=N\Nc1ccc(C#N)cn1)c1ccccc1. The molecule has 4 nitrogen and oxygen atoms in total. The van der Waals surface area contributed by atoms with Crippen LogP contribution in [0.2, 0.25) is 0 Å². The molecule has 2 aromatic rings. The van der Waals surface area contributed by atoms with Gasteiger partial charge in [0.25, 0.3) is 0 Å². The molecule has 88 valence electrons. The normalized spacial score (nSPS) is 10.8. The minimum Gasteiger partial charge on any atom is -0.261 e. The Balaban J connectivity index is 2.08. The van der Waals surface area contributed by atoms with Crippen LogP contribution in [0.15, 0.2) is 53.8 Å². The lowest BCUT2D eigenvalue weighted by atomic mass is 10.1. The highest BCUT2D eigenvalue weighted by atomic mass is 15.3. The van der Waals surface area contributed by atoms with Crippen molar-refractivity contribution in [3.05, 3.63) is 59.8 Å². The van der Waals surface area contributed by atoms with Crippen LogP contribution >= 0.6 is 0 Å². The number of pyridine rings is 1. The van der Waals surface area contributed by atoms with Gasteiger partial charge in [0.05, 0.1) is 11.3 Å². The van der Waals surface area contributed by atoms with E-state index >= 15 is 0 Å². The first-order valence-electron chi connectivity index (χ1n) is 5.51. The van der Waals surface area contributed by atoms with E-state index in [9.17, 15) is 0 Å². The molecule has 1 aromatic carbocycles. The molecule has 1 aromatic heterocycles. The van der Waals surface area contributed by atoms with E-state index in [2.05, 4.69) is 15.5 Å². The zero-order valence-electron chi connectivity index (χ0n) is 9.96. The Bertz CT molecular complexity index is 579. The van der Waals surface area contributed by atoms with E-state index in [1.54, 1.807) is 12.1 Å². The van der Waals surface area contributed by atoms with Gasteiger partial charge in [0.15, 0.2) is 0 Å². The Kier molecular flexibility index (Phi) is 3.67. The first-order chi connectivity index (χ1) is 8.79. The molecule has 0 saturated heterocycles. The highest BCUT2D eigenvalue weighted by Crippen LogP contribution is 2.05. The Morgan fingerprint density at radius 1 is 1.22 bits per heavy atom. The molecule has 0 spiro atoms. The van der Waals surface area contributed by atoms with E-state index in [0.29, 0.717) is 11.4 Å². The summed E-state index contributed by atoms with van der Waals surface area (Å²) >= 11 is 0. The van der Waals surface area contributed by atoms with Gasteiger partial charge >= 0.3 is 0 Å². The van der Waals surface area contributed by atoms with E-state index < -0.39 is 0 Å². The van der Waals surface area contributed by atoms with Gasteiger partial charge < -0.3 is 0 Å². The number of nitriles is 1. The number of anilines is 1. The maximum absolute atomic E-state index is 8.66. The van der Waals surface area contributed by atoms with E-state index in [-0.39, 0.29) is 0 Å². The second-order valence-electron chi connectivity index (χ2n) is 3.72. The number of nitrogens with zero attached hydrogens (tertiary/aromatic N) is 3. The summed E-state index contributed by atoms with van der Waals surface area (Å²) in [6.45, 7) is 1.92. The average molecular weight is 236 g/mol. The molecule has 18 heavy (non-hydrogen) atoms. The van der Waals surface area contributed by atoms with Crippen molar-refractivity contribution in [2.75, 3.05) is 5.43 Å². The molecule has 0 amide bonds. The summed E-state index contributed by atoms with van der Waals surface area (Å²) in [5.41, 5.74) is 5.32. The second-order valence-corrected chi connectivity index (χ2v) is 3.72. The summed E-state index contributed by atoms with van der Waals surface area (Å²) in [7, 11) is 0. The number of aromatic nitrogens is 1. The maximum atomic E-state index is 8.66. The van der Waals surface area contributed by atoms with Crippen molar-refractivity contribution in [1.29, 1.82) is 5.26 Å². The minimum absolute atomic E-state index is 0.532. The van der Waals surface area contributed by atoms with Crippen LogP contribution in [-0.4, -0.2) is 10.7 Å². The molecule has 0 aliphatic carbocycles. The van der Waals surface area contributed by atoms with Gasteiger partial charge in [-0.25, -0.2) is 4.98 Å². The van der Waals surface area contributed by atoms with E-state index in [1.807, 2.05) is 43.3 Å². The zero-order valence-corrected chi connectivity index (χ0v) is 9.96. The third kappa shape index (κ3) is 2.92. The predicted octanol–water partition coefficient (Wildman–Crippen LogP) is 2.79. The van der Waals surface area contributed by atoms with Crippen LogP contribution in [0.3, 0.4) is 0 Å². The summed E-state index contributed by atoms with van der Waals surface area (Å²) in [6.07, 6.45) is 1.51. The summed E-state index contributed by atoms with van der Waals surface area (Å²) in [6, 6.07) is 15.3. The molecule has 1 heterocycles. The standard InChI is InChI=1S/C14H12N4/c1-11(13-5-3-2-4-6-13)17-18-14-8-7-12(9-15)10-16-14/h2-8,10H,1H3,(H,16,18)/b17-11+. The van der Waals surface area contributed by atoms with E-state index in [1.165, 1.54) is 6.20 Å². The monoisotopic (exact) mass is 236 g/mol. The number of hydrogen-bond donors (Lipinski definition) is 1. The third-order valence-corrected chi connectivity index (χ3v) is 2.42. The van der Waals surface area contributed by atoms with Gasteiger partial charge in [-0.05, 0) is 24.6 Å². The van der Waals surface area contributed by atoms with Crippen molar-refractivity contribution in [3.8, 4) is 6.07 Å².